The fraction of sp³-hybridized carbons (Fsp3) is 0.208. The third-order valence-electron chi connectivity index (χ3n) is 5.63. The Bertz CT molecular complexity index is 1200. The summed E-state index contributed by atoms with van der Waals surface area (Å²) in [6.45, 7) is 2.00. The van der Waals surface area contributed by atoms with Crippen LogP contribution >= 0.6 is 0 Å². The van der Waals surface area contributed by atoms with E-state index in [0.717, 1.165) is 36.7 Å². The zero-order chi connectivity index (χ0) is 20.3. The third-order valence-corrected chi connectivity index (χ3v) is 5.63. The zero-order valence-electron chi connectivity index (χ0n) is 16.5. The first-order valence-electron chi connectivity index (χ1n) is 10.2. The quantitative estimate of drug-likeness (QED) is 0.503. The number of hydrogen-bond acceptors (Lipinski definition) is 5. The van der Waals surface area contributed by atoms with Crippen LogP contribution in [-0.2, 0) is 6.54 Å². The number of rotatable bonds is 5. The Kier molecular flexibility index (Phi) is 4.88. The molecule has 6 heteroatoms. The van der Waals surface area contributed by atoms with Crippen molar-refractivity contribution in [3.8, 4) is 6.07 Å². The second kappa shape index (κ2) is 7.97. The van der Waals surface area contributed by atoms with Gasteiger partial charge in [0.1, 0.15) is 17.6 Å². The maximum atomic E-state index is 8.90. The molecule has 6 nitrogen and oxygen atoms in total. The minimum atomic E-state index is 0.313. The number of aromatic amines is 1. The van der Waals surface area contributed by atoms with E-state index < -0.39 is 0 Å². The molecular weight excluding hydrogens is 372 g/mol. The van der Waals surface area contributed by atoms with E-state index in [4.69, 9.17) is 10.2 Å². The second-order valence-electron chi connectivity index (χ2n) is 7.64. The molecule has 1 aromatic carbocycles. The van der Waals surface area contributed by atoms with Crippen molar-refractivity contribution in [3.05, 3.63) is 83.9 Å². The minimum absolute atomic E-state index is 0.313. The Balaban J connectivity index is 1.33. The van der Waals surface area contributed by atoms with E-state index in [1.165, 1.54) is 22.9 Å². The Morgan fingerprint density at radius 2 is 2.13 bits per heavy atom. The lowest BCUT2D eigenvalue weighted by atomic mass is 10.1. The Labute approximate surface area is 175 Å². The van der Waals surface area contributed by atoms with Crippen molar-refractivity contribution in [2.24, 2.45) is 0 Å². The summed E-state index contributed by atoms with van der Waals surface area (Å²) in [5.41, 5.74) is 4.81. The summed E-state index contributed by atoms with van der Waals surface area (Å²) in [6, 6.07) is 20.8. The predicted molar refractivity (Wildman–Crippen MR) is 117 cm³/mol. The summed E-state index contributed by atoms with van der Waals surface area (Å²) in [5.74, 6) is 0.791. The van der Waals surface area contributed by atoms with E-state index in [9.17, 15) is 0 Å². The van der Waals surface area contributed by atoms with Crippen LogP contribution in [0.2, 0.25) is 0 Å². The van der Waals surface area contributed by atoms with Crippen LogP contribution in [0.4, 0.5) is 11.5 Å². The van der Waals surface area contributed by atoms with Crippen LogP contribution < -0.4 is 5.32 Å². The number of nitrogens with one attached hydrogen (secondary N) is 2. The molecule has 0 saturated carbocycles. The van der Waals surface area contributed by atoms with Crippen LogP contribution in [0.15, 0.2) is 67.0 Å². The topological polar surface area (TPSA) is 80.6 Å². The molecule has 5 rings (SSSR count). The molecule has 1 saturated heterocycles. The van der Waals surface area contributed by atoms with Gasteiger partial charge in [0, 0.05) is 18.3 Å². The number of pyridine rings is 2. The van der Waals surface area contributed by atoms with Crippen molar-refractivity contribution in [2.75, 3.05) is 11.9 Å². The number of aromatic nitrogens is 3. The van der Waals surface area contributed by atoms with Crippen molar-refractivity contribution < 1.29 is 0 Å². The van der Waals surface area contributed by atoms with Gasteiger partial charge >= 0.3 is 0 Å². The molecule has 4 heterocycles. The highest BCUT2D eigenvalue weighted by Gasteiger charge is 2.27. The number of likely N-dealkylation sites (tertiary alicyclic amines) is 1. The van der Waals surface area contributed by atoms with Crippen LogP contribution in [0.25, 0.3) is 10.9 Å². The first kappa shape index (κ1) is 18.3. The molecular formula is C24H22N6. The standard InChI is InChI=1S/C24H22N6/c25-14-19-7-8-20(15-27-19)28-24-5-1-3-22(29-24)23-4-2-12-30(23)16-17-6-9-21-18(13-17)10-11-26-21/h1,3,5-11,13,15,23,26H,2,4,12,16H2,(H,28,29)/t23-/m0/s1. The van der Waals surface area contributed by atoms with Crippen LogP contribution in [-0.4, -0.2) is 26.4 Å². The van der Waals surface area contributed by atoms with Crippen molar-refractivity contribution >= 4 is 22.4 Å². The number of nitriles is 1. The largest absolute Gasteiger partial charge is 0.361 e. The molecule has 3 aromatic heterocycles. The third kappa shape index (κ3) is 3.76. The molecule has 30 heavy (non-hydrogen) atoms. The van der Waals surface area contributed by atoms with Crippen molar-refractivity contribution in [3.63, 3.8) is 0 Å². The summed E-state index contributed by atoms with van der Waals surface area (Å²) < 4.78 is 0. The number of hydrogen-bond donors (Lipinski definition) is 2. The summed E-state index contributed by atoms with van der Waals surface area (Å²) in [4.78, 5) is 14.8. The number of H-pyrrole nitrogens is 1. The van der Waals surface area contributed by atoms with Gasteiger partial charge in [0.2, 0.25) is 0 Å². The zero-order valence-corrected chi connectivity index (χ0v) is 16.5. The van der Waals surface area contributed by atoms with Gasteiger partial charge in [-0.2, -0.15) is 5.26 Å². The molecule has 0 spiro atoms. The molecule has 1 fully saturated rings. The number of anilines is 2. The van der Waals surface area contributed by atoms with Gasteiger partial charge in [0.15, 0.2) is 0 Å². The van der Waals surface area contributed by atoms with E-state index in [2.05, 4.69) is 50.5 Å². The smallest absolute Gasteiger partial charge is 0.140 e. The first-order chi connectivity index (χ1) is 14.8. The molecule has 0 radical (unpaired) electrons. The van der Waals surface area contributed by atoms with Gasteiger partial charge in [0.25, 0.3) is 0 Å². The van der Waals surface area contributed by atoms with Crippen molar-refractivity contribution in [2.45, 2.75) is 25.4 Å². The lowest BCUT2D eigenvalue weighted by molar-refractivity contribution is 0.244. The normalized spacial score (nSPS) is 16.6. The molecule has 1 atom stereocenters. The summed E-state index contributed by atoms with van der Waals surface area (Å²) in [6.07, 6.45) is 5.93. The number of benzene rings is 1. The van der Waals surface area contributed by atoms with E-state index in [-0.39, 0.29) is 0 Å². The molecule has 2 N–H and O–H groups in total. The van der Waals surface area contributed by atoms with Gasteiger partial charge in [-0.3, -0.25) is 4.90 Å². The number of fused-ring (bicyclic) bond motifs is 1. The molecule has 1 aliphatic heterocycles. The summed E-state index contributed by atoms with van der Waals surface area (Å²) in [7, 11) is 0. The van der Waals surface area contributed by atoms with Gasteiger partial charge in [-0.05, 0) is 72.8 Å². The minimum Gasteiger partial charge on any atom is -0.361 e. The van der Waals surface area contributed by atoms with E-state index in [0.29, 0.717) is 11.7 Å². The lowest BCUT2D eigenvalue weighted by Gasteiger charge is -2.24. The average Bonchev–Trinajstić information content (AvgIpc) is 3.43. The second-order valence-corrected chi connectivity index (χ2v) is 7.64. The molecule has 0 unspecified atom stereocenters. The SMILES string of the molecule is N#Cc1ccc(Nc2cccc([C@@H]3CCCN3Cc3ccc4[nH]ccc4c3)n2)cn1. The lowest BCUT2D eigenvalue weighted by Crippen LogP contribution is -2.23. The van der Waals surface area contributed by atoms with Gasteiger partial charge in [0.05, 0.1) is 23.6 Å². The Morgan fingerprint density at radius 3 is 3.00 bits per heavy atom. The Morgan fingerprint density at radius 1 is 1.17 bits per heavy atom. The molecule has 0 aliphatic carbocycles. The molecule has 0 amide bonds. The van der Waals surface area contributed by atoms with Gasteiger partial charge < -0.3 is 10.3 Å². The fourth-order valence-corrected chi connectivity index (χ4v) is 4.17. The van der Waals surface area contributed by atoms with Crippen molar-refractivity contribution in [1.82, 2.24) is 19.9 Å². The van der Waals surface area contributed by atoms with Crippen LogP contribution in [0.3, 0.4) is 0 Å². The molecule has 148 valence electrons. The van der Waals surface area contributed by atoms with Crippen LogP contribution in [0.1, 0.15) is 35.8 Å². The summed E-state index contributed by atoms with van der Waals surface area (Å²) >= 11 is 0. The fourth-order valence-electron chi connectivity index (χ4n) is 4.17. The van der Waals surface area contributed by atoms with E-state index in [1.807, 2.05) is 30.5 Å². The summed E-state index contributed by atoms with van der Waals surface area (Å²) in [5, 5.41) is 13.4. The van der Waals surface area contributed by atoms with Gasteiger partial charge in [-0.25, -0.2) is 9.97 Å². The maximum absolute atomic E-state index is 8.90. The van der Waals surface area contributed by atoms with Gasteiger partial charge in [-0.1, -0.05) is 12.1 Å². The Hall–Kier alpha value is -3.69. The molecule has 0 bridgehead atoms. The monoisotopic (exact) mass is 394 g/mol. The number of nitrogens with zero attached hydrogens (tertiary/aromatic N) is 4. The van der Waals surface area contributed by atoms with Gasteiger partial charge in [-0.15, -0.1) is 0 Å². The molecule has 1 aliphatic rings. The van der Waals surface area contributed by atoms with E-state index in [1.54, 1.807) is 12.3 Å². The predicted octanol–water partition coefficient (Wildman–Crippen LogP) is 4.91. The highest BCUT2D eigenvalue weighted by atomic mass is 15.2. The maximum Gasteiger partial charge on any atom is 0.140 e. The van der Waals surface area contributed by atoms with Crippen LogP contribution in [0, 0.1) is 11.3 Å². The van der Waals surface area contributed by atoms with Crippen molar-refractivity contribution in [1.29, 1.82) is 5.26 Å². The molecule has 4 aromatic rings. The highest BCUT2D eigenvalue weighted by Crippen LogP contribution is 2.33. The highest BCUT2D eigenvalue weighted by molar-refractivity contribution is 5.79. The first-order valence-corrected chi connectivity index (χ1v) is 10.2. The van der Waals surface area contributed by atoms with E-state index >= 15 is 0 Å². The average molecular weight is 394 g/mol. The van der Waals surface area contributed by atoms with Crippen LogP contribution in [0.5, 0.6) is 0 Å².